The van der Waals surface area contributed by atoms with Crippen LogP contribution in [0.3, 0.4) is 0 Å². The monoisotopic (exact) mass is 200 g/mol. The van der Waals surface area contributed by atoms with Gasteiger partial charge in [0.2, 0.25) is 0 Å². The van der Waals surface area contributed by atoms with Crippen molar-refractivity contribution in [3.63, 3.8) is 0 Å². The molecule has 5 heteroatoms. The number of aromatic nitrogens is 3. The maximum absolute atomic E-state index is 6.12. The fraction of sp³-hybridized carbons (Fsp3) is 0.750. The summed E-state index contributed by atoms with van der Waals surface area (Å²) in [6, 6.07) is 0. The molecule has 0 radical (unpaired) electrons. The van der Waals surface area contributed by atoms with E-state index in [-0.39, 0.29) is 5.38 Å². The van der Waals surface area contributed by atoms with Gasteiger partial charge in [-0.15, -0.1) is 21.8 Å². The van der Waals surface area contributed by atoms with Gasteiger partial charge in [-0.1, -0.05) is 0 Å². The Bertz CT molecular complexity index is 296. The minimum atomic E-state index is 0.0480. The van der Waals surface area contributed by atoms with Crippen LogP contribution in [0.25, 0.3) is 0 Å². The fourth-order valence-corrected chi connectivity index (χ4v) is 1.99. The molecule has 1 aliphatic heterocycles. The van der Waals surface area contributed by atoms with Crippen LogP contribution in [0.2, 0.25) is 0 Å². The highest BCUT2D eigenvalue weighted by molar-refractivity contribution is 6.20. The van der Waals surface area contributed by atoms with Gasteiger partial charge in [-0.3, -0.25) is 0 Å². The second-order valence-corrected chi connectivity index (χ2v) is 3.79. The van der Waals surface area contributed by atoms with E-state index in [1.165, 1.54) is 0 Å². The molecule has 1 N–H and O–H groups in total. The van der Waals surface area contributed by atoms with E-state index in [1.54, 1.807) is 0 Å². The molecular weight excluding hydrogens is 188 g/mol. The molecule has 0 saturated heterocycles. The van der Waals surface area contributed by atoms with E-state index in [0.29, 0.717) is 0 Å². The summed E-state index contributed by atoms with van der Waals surface area (Å²) in [6.07, 6.45) is 2.13. The molecule has 2 heterocycles. The molecule has 0 bridgehead atoms. The first-order chi connectivity index (χ1) is 6.33. The number of halogens is 1. The van der Waals surface area contributed by atoms with Crippen LogP contribution < -0.4 is 5.32 Å². The zero-order valence-electron chi connectivity index (χ0n) is 7.63. The normalized spacial score (nSPS) is 21.5. The summed E-state index contributed by atoms with van der Waals surface area (Å²) in [5.41, 5.74) is 0. The number of alkyl halides is 1. The van der Waals surface area contributed by atoms with Crippen molar-refractivity contribution in [1.82, 2.24) is 20.1 Å². The molecule has 0 aromatic carbocycles. The van der Waals surface area contributed by atoms with Crippen molar-refractivity contribution in [1.29, 1.82) is 0 Å². The summed E-state index contributed by atoms with van der Waals surface area (Å²) >= 11 is 6.12. The van der Waals surface area contributed by atoms with Gasteiger partial charge in [-0.25, -0.2) is 0 Å². The second-order valence-electron chi connectivity index (χ2n) is 3.27. The van der Waals surface area contributed by atoms with E-state index in [4.69, 9.17) is 11.6 Å². The second kappa shape index (κ2) is 3.64. The molecule has 0 saturated carbocycles. The van der Waals surface area contributed by atoms with E-state index in [0.717, 1.165) is 37.6 Å². The fourth-order valence-electron chi connectivity index (χ4n) is 1.67. The van der Waals surface area contributed by atoms with Gasteiger partial charge in [0, 0.05) is 6.54 Å². The van der Waals surface area contributed by atoms with E-state index in [2.05, 4.69) is 20.1 Å². The third-order valence-electron chi connectivity index (χ3n) is 2.31. The Kier molecular flexibility index (Phi) is 2.51. The molecule has 72 valence electrons. The largest absolute Gasteiger partial charge is 0.313 e. The first kappa shape index (κ1) is 8.97. The Morgan fingerprint density at radius 3 is 3.23 bits per heavy atom. The van der Waals surface area contributed by atoms with Gasteiger partial charge in [-0.05, 0) is 19.9 Å². The standard InChI is InChI=1S/C8H13ClN4/c1-10-5-7-11-12-8-6(9)3-2-4-13(7)8/h6,10H,2-5H2,1H3. The van der Waals surface area contributed by atoms with Crippen LogP contribution in [-0.4, -0.2) is 21.8 Å². The van der Waals surface area contributed by atoms with Crippen LogP contribution in [0.1, 0.15) is 29.9 Å². The lowest BCUT2D eigenvalue weighted by Crippen LogP contribution is -2.18. The van der Waals surface area contributed by atoms with Gasteiger partial charge >= 0.3 is 0 Å². The molecule has 1 atom stereocenters. The van der Waals surface area contributed by atoms with Crippen molar-refractivity contribution in [2.75, 3.05) is 7.05 Å². The van der Waals surface area contributed by atoms with E-state index in [1.807, 2.05) is 7.05 Å². The Balaban J connectivity index is 2.30. The highest BCUT2D eigenvalue weighted by Crippen LogP contribution is 2.29. The molecule has 1 aromatic heterocycles. The molecule has 1 aliphatic rings. The zero-order chi connectivity index (χ0) is 9.26. The van der Waals surface area contributed by atoms with Gasteiger partial charge in [0.05, 0.1) is 11.9 Å². The van der Waals surface area contributed by atoms with Crippen molar-refractivity contribution < 1.29 is 0 Å². The predicted molar refractivity (Wildman–Crippen MR) is 50.6 cm³/mol. The molecule has 2 rings (SSSR count). The molecule has 0 fully saturated rings. The quantitative estimate of drug-likeness (QED) is 0.727. The zero-order valence-corrected chi connectivity index (χ0v) is 8.38. The Labute approximate surface area is 82.3 Å². The molecule has 0 spiro atoms. The van der Waals surface area contributed by atoms with Crippen LogP contribution in [0.15, 0.2) is 0 Å². The molecular formula is C8H13ClN4. The van der Waals surface area contributed by atoms with Gasteiger partial charge in [0.15, 0.2) is 5.82 Å². The molecule has 1 unspecified atom stereocenters. The van der Waals surface area contributed by atoms with Crippen LogP contribution in [0.5, 0.6) is 0 Å². The number of nitrogens with one attached hydrogen (secondary N) is 1. The lowest BCUT2D eigenvalue weighted by atomic mass is 10.1. The third-order valence-corrected chi connectivity index (χ3v) is 2.72. The SMILES string of the molecule is CNCc1nnc2n1CCCC2Cl. The topological polar surface area (TPSA) is 42.7 Å². The third kappa shape index (κ3) is 1.56. The van der Waals surface area contributed by atoms with Crippen molar-refractivity contribution in [2.24, 2.45) is 0 Å². The summed E-state index contributed by atoms with van der Waals surface area (Å²) in [5, 5.41) is 11.3. The van der Waals surface area contributed by atoms with Crippen LogP contribution in [0, 0.1) is 0 Å². The molecule has 13 heavy (non-hydrogen) atoms. The van der Waals surface area contributed by atoms with E-state index < -0.39 is 0 Å². The maximum atomic E-state index is 6.12. The predicted octanol–water partition coefficient (Wildman–Crippen LogP) is 1.07. The lowest BCUT2D eigenvalue weighted by Gasteiger charge is -2.18. The molecule has 0 aliphatic carbocycles. The number of fused-ring (bicyclic) bond motifs is 1. The van der Waals surface area contributed by atoms with Gasteiger partial charge in [0.25, 0.3) is 0 Å². The van der Waals surface area contributed by atoms with Crippen molar-refractivity contribution in [2.45, 2.75) is 31.3 Å². The Hall–Kier alpha value is -0.610. The smallest absolute Gasteiger partial charge is 0.151 e. The van der Waals surface area contributed by atoms with Gasteiger partial charge in [0.1, 0.15) is 5.82 Å². The van der Waals surface area contributed by atoms with Crippen LogP contribution >= 0.6 is 11.6 Å². The van der Waals surface area contributed by atoms with Gasteiger partial charge < -0.3 is 9.88 Å². The summed E-state index contributed by atoms with van der Waals surface area (Å²) < 4.78 is 2.12. The summed E-state index contributed by atoms with van der Waals surface area (Å²) in [5.74, 6) is 1.92. The summed E-state index contributed by atoms with van der Waals surface area (Å²) in [6.45, 7) is 1.76. The number of nitrogens with zero attached hydrogens (tertiary/aromatic N) is 3. The average molecular weight is 201 g/mol. The van der Waals surface area contributed by atoms with Gasteiger partial charge in [-0.2, -0.15) is 0 Å². The Morgan fingerprint density at radius 1 is 1.62 bits per heavy atom. The summed E-state index contributed by atoms with van der Waals surface area (Å²) in [4.78, 5) is 0. The number of hydrogen-bond donors (Lipinski definition) is 1. The lowest BCUT2D eigenvalue weighted by molar-refractivity contribution is 0.493. The number of rotatable bonds is 2. The molecule has 4 nitrogen and oxygen atoms in total. The minimum Gasteiger partial charge on any atom is -0.313 e. The van der Waals surface area contributed by atoms with Crippen molar-refractivity contribution in [3.8, 4) is 0 Å². The van der Waals surface area contributed by atoms with Crippen molar-refractivity contribution in [3.05, 3.63) is 11.6 Å². The highest BCUT2D eigenvalue weighted by Gasteiger charge is 2.22. The number of hydrogen-bond acceptors (Lipinski definition) is 3. The van der Waals surface area contributed by atoms with E-state index >= 15 is 0 Å². The van der Waals surface area contributed by atoms with Crippen LogP contribution in [-0.2, 0) is 13.1 Å². The Morgan fingerprint density at radius 2 is 2.46 bits per heavy atom. The molecule has 1 aromatic rings. The average Bonchev–Trinajstić information content (AvgIpc) is 2.51. The first-order valence-corrected chi connectivity index (χ1v) is 4.97. The highest BCUT2D eigenvalue weighted by atomic mass is 35.5. The van der Waals surface area contributed by atoms with Crippen molar-refractivity contribution >= 4 is 11.6 Å². The van der Waals surface area contributed by atoms with Crippen LogP contribution in [0.4, 0.5) is 0 Å². The summed E-state index contributed by atoms with van der Waals surface area (Å²) in [7, 11) is 1.91. The first-order valence-electron chi connectivity index (χ1n) is 4.53. The minimum absolute atomic E-state index is 0.0480. The maximum Gasteiger partial charge on any atom is 0.151 e. The van der Waals surface area contributed by atoms with E-state index in [9.17, 15) is 0 Å². The molecule has 0 amide bonds.